The van der Waals surface area contributed by atoms with Crippen molar-refractivity contribution in [2.75, 3.05) is 5.33 Å². The minimum atomic E-state index is 0.742. The molecular formula is C9H7Br2Cl. The van der Waals surface area contributed by atoms with E-state index in [1.165, 1.54) is 0 Å². The highest BCUT2D eigenvalue weighted by atomic mass is 79.9. The van der Waals surface area contributed by atoms with Gasteiger partial charge in [0.1, 0.15) is 0 Å². The first-order valence-corrected chi connectivity index (χ1v) is 5.71. The van der Waals surface area contributed by atoms with Crippen molar-refractivity contribution >= 4 is 49.5 Å². The van der Waals surface area contributed by atoms with Crippen molar-refractivity contribution in [3.8, 4) is 0 Å². The second-order valence-electron chi connectivity index (χ2n) is 2.23. The van der Waals surface area contributed by atoms with E-state index >= 15 is 0 Å². The molecule has 0 fully saturated rings. The van der Waals surface area contributed by atoms with E-state index in [1.54, 1.807) is 0 Å². The van der Waals surface area contributed by atoms with Crippen LogP contribution in [0.2, 0.25) is 5.02 Å². The van der Waals surface area contributed by atoms with Crippen LogP contribution in [0.1, 0.15) is 5.56 Å². The van der Waals surface area contributed by atoms with Crippen LogP contribution < -0.4 is 0 Å². The van der Waals surface area contributed by atoms with Gasteiger partial charge in [0.05, 0.1) is 5.02 Å². The predicted molar refractivity (Wildman–Crippen MR) is 62.0 cm³/mol. The van der Waals surface area contributed by atoms with Crippen molar-refractivity contribution < 1.29 is 0 Å². The summed E-state index contributed by atoms with van der Waals surface area (Å²) >= 11 is 12.5. The largest absolute Gasteiger partial charge is 0.0883 e. The van der Waals surface area contributed by atoms with Crippen LogP contribution in [0.25, 0.3) is 6.08 Å². The summed E-state index contributed by atoms with van der Waals surface area (Å²) in [4.78, 5) is 0. The van der Waals surface area contributed by atoms with Crippen molar-refractivity contribution in [2.45, 2.75) is 0 Å². The summed E-state index contributed by atoms with van der Waals surface area (Å²) < 4.78 is 0.931. The maximum absolute atomic E-state index is 5.90. The van der Waals surface area contributed by atoms with Crippen molar-refractivity contribution in [3.05, 3.63) is 39.3 Å². The van der Waals surface area contributed by atoms with Gasteiger partial charge in [-0.1, -0.05) is 45.7 Å². The van der Waals surface area contributed by atoms with E-state index in [1.807, 2.05) is 30.4 Å². The molecule has 0 amide bonds. The lowest BCUT2D eigenvalue weighted by Gasteiger charge is -1.96. The molecule has 0 spiro atoms. The summed E-state index contributed by atoms with van der Waals surface area (Å²) in [6.45, 7) is 0. The van der Waals surface area contributed by atoms with Crippen molar-refractivity contribution in [2.24, 2.45) is 0 Å². The van der Waals surface area contributed by atoms with Crippen molar-refractivity contribution in [1.82, 2.24) is 0 Å². The van der Waals surface area contributed by atoms with Gasteiger partial charge < -0.3 is 0 Å². The van der Waals surface area contributed by atoms with Crippen LogP contribution in [0.15, 0.2) is 28.7 Å². The molecule has 0 radical (unpaired) electrons. The Hall–Kier alpha value is 0.210. The molecular weight excluding hydrogens is 303 g/mol. The second kappa shape index (κ2) is 5.05. The number of hydrogen-bond acceptors (Lipinski definition) is 0. The molecule has 0 bridgehead atoms. The summed E-state index contributed by atoms with van der Waals surface area (Å²) in [5, 5.41) is 1.60. The minimum Gasteiger partial charge on any atom is -0.0883 e. The topological polar surface area (TPSA) is 0 Å². The average molecular weight is 310 g/mol. The third-order valence-corrected chi connectivity index (χ3v) is 2.95. The molecule has 0 atom stereocenters. The summed E-state index contributed by atoms with van der Waals surface area (Å²) in [7, 11) is 0. The van der Waals surface area contributed by atoms with Gasteiger partial charge in [-0.3, -0.25) is 0 Å². The molecule has 0 aromatic heterocycles. The third kappa shape index (κ3) is 2.92. The highest BCUT2D eigenvalue weighted by molar-refractivity contribution is 9.10. The van der Waals surface area contributed by atoms with Crippen molar-refractivity contribution in [3.63, 3.8) is 0 Å². The van der Waals surface area contributed by atoms with Gasteiger partial charge in [0.15, 0.2) is 0 Å². The van der Waals surface area contributed by atoms with Crippen LogP contribution in [0.3, 0.4) is 0 Å². The number of hydrogen-bond donors (Lipinski definition) is 0. The first-order valence-electron chi connectivity index (χ1n) is 3.41. The molecule has 0 aliphatic heterocycles. The van der Waals surface area contributed by atoms with E-state index in [2.05, 4.69) is 31.9 Å². The fourth-order valence-electron chi connectivity index (χ4n) is 0.797. The maximum atomic E-state index is 5.90. The van der Waals surface area contributed by atoms with Gasteiger partial charge in [0.25, 0.3) is 0 Å². The summed E-state index contributed by atoms with van der Waals surface area (Å²) in [6.07, 6.45) is 4.05. The second-order valence-corrected chi connectivity index (χ2v) is 4.14. The molecule has 0 aliphatic carbocycles. The van der Waals surface area contributed by atoms with Crippen LogP contribution in [0, 0.1) is 0 Å². The van der Waals surface area contributed by atoms with Gasteiger partial charge >= 0.3 is 0 Å². The Kier molecular flexibility index (Phi) is 4.33. The zero-order valence-corrected chi connectivity index (χ0v) is 10.2. The summed E-state index contributed by atoms with van der Waals surface area (Å²) in [5.74, 6) is 0. The van der Waals surface area contributed by atoms with E-state index in [-0.39, 0.29) is 0 Å². The molecule has 1 rings (SSSR count). The van der Waals surface area contributed by atoms with Gasteiger partial charge in [-0.05, 0) is 33.6 Å². The molecule has 64 valence electrons. The quantitative estimate of drug-likeness (QED) is 0.705. The number of rotatable bonds is 2. The molecule has 0 heterocycles. The number of benzene rings is 1. The molecule has 0 saturated heterocycles. The lowest BCUT2D eigenvalue weighted by molar-refractivity contribution is 1.60. The lowest BCUT2D eigenvalue weighted by Crippen LogP contribution is -1.73. The van der Waals surface area contributed by atoms with E-state index in [0.29, 0.717) is 0 Å². The Balaban J connectivity index is 2.89. The fraction of sp³-hybridized carbons (Fsp3) is 0.111. The first kappa shape index (κ1) is 10.3. The Morgan fingerprint density at radius 3 is 2.75 bits per heavy atom. The van der Waals surface area contributed by atoms with Crippen LogP contribution >= 0.6 is 43.5 Å². The number of allylic oxidation sites excluding steroid dienone is 1. The molecule has 0 aliphatic rings. The van der Waals surface area contributed by atoms with Crippen molar-refractivity contribution in [1.29, 1.82) is 0 Å². The fourth-order valence-corrected chi connectivity index (χ4v) is 1.42. The zero-order chi connectivity index (χ0) is 8.97. The van der Waals surface area contributed by atoms with E-state index in [9.17, 15) is 0 Å². The average Bonchev–Trinajstić information content (AvgIpc) is 2.07. The van der Waals surface area contributed by atoms with Crippen LogP contribution in [-0.2, 0) is 0 Å². The zero-order valence-electron chi connectivity index (χ0n) is 6.23. The van der Waals surface area contributed by atoms with E-state index < -0.39 is 0 Å². The summed E-state index contributed by atoms with van der Waals surface area (Å²) in [6, 6.07) is 5.87. The van der Waals surface area contributed by atoms with Crippen LogP contribution in [0.4, 0.5) is 0 Å². The molecule has 1 aromatic rings. The molecule has 0 unspecified atom stereocenters. The smallest absolute Gasteiger partial charge is 0.0554 e. The Labute approximate surface area is 93.9 Å². The van der Waals surface area contributed by atoms with Crippen LogP contribution in [0.5, 0.6) is 0 Å². The molecule has 0 saturated carbocycles. The highest BCUT2D eigenvalue weighted by Gasteiger charge is 1.95. The molecule has 0 nitrogen and oxygen atoms in total. The van der Waals surface area contributed by atoms with Gasteiger partial charge in [-0.15, -0.1) is 0 Å². The van der Waals surface area contributed by atoms with Gasteiger partial charge in [-0.2, -0.15) is 0 Å². The Morgan fingerprint density at radius 2 is 2.17 bits per heavy atom. The maximum Gasteiger partial charge on any atom is 0.0554 e. The van der Waals surface area contributed by atoms with Crippen LogP contribution in [-0.4, -0.2) is 5.33 Å². The Morgan fingerprint density at radius 1 is 1.42 bits per heavy atom. The lowest BCUT2D eigenvalue weighted by atomic mass is 10.2. The monoisotopic (exact) mass is 308 g/mol. The van der Waals surface area contributed by atoms with Gasteiger partial charge in [0.2, 0.25) is 0 Å². The number of halogens is 3. The number of alkyl halides is 1. The standard InChI is InChI=1S/C9H7Br2Cl/c10-5-1-2-7-3-4-8(11)9(12)6-7/h1-4,6H,5H2. The highest BCUT2D eigenvalue weighted by Crippen LogP contribution is 2.23. The molecule has 0 N–H and O–H groups in total. The van der Waals surface area contributed by atoms with E-state index in [0.717, 1.165) is 20.4 Å². The molecule has 1 aromatic carbocycles. The minimum absolute atomic E-state index is 0.742. The third-order valence-electron chi connectivity index (χ3n) is 1.34. The first-order chi connectivity index (χ1) is 5.74. The van der Waals surface area contributed by atoms with E-state index in [4.69, 9.17) is 11.6 Å². The molecule has 12 heavy (non-hydrogen) atoms. The summed E-state index contributed by atoms with van der Waals surface area (Å²) in [5.41, 5.74) is 1.11. The normalized spacial score (nSPS) is 10.9. The van der Waals surface area contributed by atoms with Gasteiger partial charge in [-0.25, -0.2) is 0 Å². The Bertz CT molecular complexity index is 295. The predicted octanol–water partition coefficient (Wildman–Crippen LogP) is 4.51. The SMILES string of the molecule is Clc1cc(C=CCBr)ccc1Br. The molecule has 3 heteroatoms. The van der Waals surface area contributed by atoms with Gasteiger partial charge in [0, 0.05) is 9.80 Å².